The Morgan fingerprint density at radius 3 is 1.81 bits per heavy atom. The number of ether oxygens (including phenoxy) is 1. The third-order valence-corrected chi connectivity index (χ3v) is 3.78. The molecule has 21 heavy (non-hydrogen) atoms. The van der Waals surface area contributed by atoms with Gasteiger partial charge in [-0.05, 0) is 6.42 Å². The maximum absolute atomic E-state index is 11.5. The van der Waals surface area contributed by atoms with Gasteiger partial charge in [0.25, 0.3) is 0 Å². The molecule has 0 atom stereocenters. The monoisotopic (exact) mass is 304 g/mol. The van der Waals surface area contributed by atoms with Gasteiger partial charge in [-0.3, -0.25) is 4.79 Å². The summed E-state index contributed by atoms with van der Waals surface area (Å²) in [5.74, 6) is -0.333. The van der Waals surface area contributed by atoms with Crippen molar-refractivity contribution in [2.24, 2.45) is 5.41 Å². The number of carbonyl (C=O) groups is 1. The molecule has 0 rings (SSSR count). The number of aliphatic hydroxyl groups is 3. The van der Waals surface area contributed by atoms with Crippen LogP contribution in [0.5, 0.6) is 0 Å². The highest BCUT2D eigenvalue weighted by molar-refractivity contribution is 5.69. The van der Waals surface area contributed by atoms with E-state index in [9.17, 15) is 4.79 Å². The fraction of sp³-hybridized carbons (Fsp3) is 0.938. The minimum Gasteiger partial charge on any atom is -0.465 e. The second kappa shape index (κ2) is 13.0. The third-order valence-electron chi connectivity index (χ3n) is 3.78. The van der Waals surface area contributed by atoms with Crippen molar-refractivity contribution in [2.75, 3.05) is 26.4 Å². The zero-order valence-electron chi connectivity index (χ0n) is 13.4. The molecule has 0 aliphatic rings. The van der Waals surface area contributed by atoms with Gasteiger partial charge in [-0.2, -0.15) is 0 Å². The first-order valence-electron chi connectivity index (χ1n) is 8.12. The zero-order valence-corrected chi connectivity index (χ0v) is 13.4. The van der Waals surface area contributed by atoms with Gasteiger partial charge >= 0.3 is 5.97 Å². The number of hydrogen-bond donors (Lipinski definition) is 3. The van der Waals surface area contributed by atoms with Crippen LogP contribution in [0.3, 0.4) is 0 Å². The lowest BCUT2D eigenvalue weighted by Crippen LogP contribution is -2.39. The van der Waals surface area contributed by atoms with Gasteiger partial charge < -0.3 is 20.1 Å². The highest BCUT2D eigenvalue weighted by Gasteiger charge is 2.29. The highest BCUT2D eigenvalue weighted by atomic mass is 16.5. The fourth-order valence-corrected chi connectivity index (χ4v) is 2.00. The van der Waals surface area contributed by atoms with E-state index in [1.165, 1.54) is 32.1 Å². The predicted octanol–water partition coefficient (Wildman–Crippen LogP) is 2.02. The Morgan fingerprint density at radius 1 is 0.857 bits per heavy atom. The smallest absolute Gasteiger partial charge is 0.305 e. The third kappa shape index (κ3) is 9.82. The molecule has 0 unspecified atom stereocenters. The number of carbonyl (C=O) groups excluding carboxylic acids is 1. The van der Waals surface area contributed by atoms with Crippen LogP contribution < -0.4 is 0 Å². The predicted molar refractivity (Wildman–Crippen MR) is 81.9 cm³/mol. The first-order valence-corrected chi connectivity index (χ1v) is 8.12. The van der Waals surface area contributed by atoms with Crippen LogP contribution in [0, 0.1) is 5.41 Å². The quantitative estimate of drug-likeness (QED) is 0.337. The summed E-state index contributed by atoms with van der Waals surface area (Å²) < 4.78 is 5.02. The SMILES string of the molecule is CCCCCCCCCCC(=O)OCC(CO)(CO)CO. The second-order valence-corrected chi connectivity index (χ2v) is 5.86. The van der Waals surface area contributed by atoms with Gasteiger partial charge in [0, 0.05) is 6.42 Å². The Labute approximate surface area is 128 Å². The number of esters is 1. The maximum Gasteiger partial charge on any atom is 0.305 e. The standard InChI is InChI=1S/C16H32O5/c1-2-3-4-5-6-7-8-9-10-15(20)21-14-16(11-17,12-18)13-19/h17-19H,2-14H2,1H3. The van der Waals surface area contributed by atoms with E-state index in [1.54, 1.807) is 0 Å². The second-order valence-electron chi connectivity index (χ2n) is 5.86. The lowest BCUT2D eigenvalue weighted by Gasteiger charge is -2.26. The van der Waals surface area contributed by atoms with Gasteiger partial charge in [0.1, 0.15) is 6.61 Å². The summed E-state index contributed by atoms with van der Waals surface area (Å²) in [5, 5.41) is 27.3. The number of aliphatic hydroxyl groups excluding tert-OH is 3. The van der Waals surface area contributed by atoms with Crippen molar-refractivity contribution < 1.29 is 24.9 Å². The van der Waals surface area contributed by atoms with Crippen molar-refractivity contribution >= 4 is 5.97 Å². The highest BCUT2D eigenvalue weighted by Crippen LogP contribution is 2.16. The van der Waals surface area contributed by atoms with Gasteiger partial charge in [0.15, 0.2) is 0 Å². The molecule has 0 spiro atoms. The van der Waals surface area contributed by atoms with Crippen LogP contribution in [0.15, 0.2) is 0 Å². The van der Waals surface area contributed by atoms with Crippen LogP contribution in [-0.4, -0.2) is 47.7 Å². The molecule has 0 bridgehead atoms. The molecule has 0 radical (unpaired) electrons. The molecule has 3 N–H and O–H groups in total. The fourth-order valence-electron chi connectivity index (χ4n) is 2.00. The average molecular weight is 304 g/mol. The largest absolute Gasteiger partial charge is 0.465 e. The normalized spacial score (nSPS) is 11.6. The summed E-state index contributed by atoms with van der Waals surface area (Å²) in [6, 6.07) is 0. The topological polar surface area (TPSA) is 87.0 Å². The maximum atomic E-state index is 11.5. The Kier molecular flexibility index (Phi) is 12.6. The molecule has 0 aliphatic heterocycles. The van der Waals surface area contributed by atoms with Crippen LogP contribution in [0.2, 0.25) is 0 Å². The van der Waals surface area contributed by atoms with Crippen molar-refractivity contribution in [1.82, 2.24) is 0 Å². The van der Waals surface area contributed by atoms with Crippen LogP contribution >= 0.6 is 0 Å². The minimum absolute atomic E-state index is 0.146. The summed E-state index contributed by atoms with van der Waals surface area (Å²) in [5.41, 5.74) is -1.13. The number of hydrogen-bond acceptors (Lipinski definition) is 5. The van der Waals surface area contributed by atoms with Gasteiger partial charge in [-0.15, -0.1) is 0 Å². The molecule has 0 saturated carbocycles. The molecule has 0 fully saturated rings. The Hall–Kier alpha value is -0.650. The van der Waals surface area contributed by atoms with Crippen LogP contribution in [0.1, 0.15) is 64.7 Å². The van der Waals surface area contributed by atoms with Gasteiger partial charge in [0.2, 0.25) is 0 Å². The summed E-state index contributed by atoms with van der Waals surface area (Å²) in [4.78, 5) is 11.5. The molecule has 0 amide bonds. The summed E-state index contributed by atoms with van der Waals surface area (Å²) in [6.45, 7) is 0.818. The van der Waals surface area contributed by atoms with E-state index in [1.807, 2.05) is 0 Å². The lowest BCUT2D eigenvalue weighted by atomic mass is 9.93. The van der Waals surface area contributed by atoms with E-state index in [2.05, 4.69) is 6.92 Å². The van der Waals surface area contributed by atoms with Crippen LogP contribution in [-0.2, 0) is 9.53 Å². The van der Waals surface area contributed by atoms with Gasteiger partial charge in [-0.1, -0.05) is 51.9 Å². The first-order chi connectivity index (χ1) is 10.1. The molecule has 0 aliphatic carbocycles. The van der Waals surface area contributed by atoms with Crippen LogP contribution in [0.4, 0.5) is 0 Å². The minimum atomic E-state index is -1.13. The first kappa shape index (κ1) is 20.3. The molecular formula is C16H32O5. The van der Waals surface area contributed by atoms with E-state index in [4.69, 9.17) is 20.1 Å². The Bertz CT molecular complexity index is 243. The molecule has 5 heteroatoms. The Morgan fingerprint density at radius 2 is 1.33 bits per heavy atom. The van der Waals surface area contributed by atoms with Crippen molar-refractivity contribution in [2.45, 2.75) is 64.7 Å². The summed E-state index contributed by atoms with van der Waals surface area (Å²) in [6.07, 6.45) is 9.66. The van der Waals surface area contributed by atoms with E-state index >= 15 is 0 Å². The summed E-state index contributed by atoms with van der Waals surface area (Å²) >= 11 is 0. The zero-order chi connectivity index (χ0) is 16.0. The van der Waals surface area contributed by atoms with E-state index < -0.39 is 25.2 Å². The average Bonchev–Trinajstić information content (AvgIpc) is 2.52. The van der Waals surface area contributed by atoms with Crippen molar-refractivity contribution in [3.63, 3.8) is 0 Å². The van der Waals surface area contributed by atoms with Gasteiger partial charge in [-0.25, -0.2) is 0 Å². The molecule has 0 aromatic heterocycles. The molecule has 0 aromatic rings. The van der Waals surface area contributed by atoms with Crippen molar-refractivity contribution in [1.29, 1.82) is 0 Å². The van der Waals surface area contributed by atoms with Crippen molar-refractivity contribution in [3.05, 3.63) is 0 Å². The number of unbranched alkanes of at least 4 members (excludes halogenated alkanes) is 7. The molecule has 0 saturated heterocycles. The lowest BCUT2D eigenvalue weighted by molar-refractivity contribution is -0.151. The van der Waals surface area contributed by atoms with Crippen molar-refractivity contribution in [3.8, 4) is 0 Å². The van der Waals surface area contributed by atoms with E-state index in [-0.39, 0.29) is 12.6 Å². The Balaban J connectivity index is 3.58. The summed E-state index contributed by atoms with van der Waals surface area (Å²) in [7, 11) is 0. The van der Waals surface area contributed by atoms with E-state index in [0.717, 1.165) is 19.3 Å². The van der Waals surface area contributed by atoms with Gasteiger partial charge in [0.05, 0.1) is 25.2 Å². The molecular weight excluding hydrogens is 272 g/mol. The molecule has 0 aromatic carbocycles. The molecule has 0 heterocycles. The van der Waals surface area contributed by atoms with Crippen LogP contribution in [0.25, 0.3) is 0 Å². The molecule has 126 valence electrons. The van der Waals surface area contributed by atoms with E-state index in [0.29, 0.717) is 6.42 Å². The number of rotatable bonds is 14. The molecule has 5 nitrogen and oxygen atoms in total.